The fraction of sp³-hybridized carbons (Fsp3) is 0.652. The molecule has 0 spiro atoms. The van der Waals surface area contributed by atoms with E-state index in [4.69, 9.17) is 14.2 Å². The highest BCUT2D eigenvalue weighted by atomic mass is 16.6. The Morgan fingerprint density at radius 1 is 1.20 bits per heavy atom. The second kappa shape index (κ2) is 8.46. The molecule has 0 bridgehead atoms. The van der Waals surface area contributed by atoms with E-state index in [1.54, 1.807) is 4.90 Å². The lowest BCUT2D eigenvalue weighted by molar-refractivity contribution is -0.0367. The van der Waals surface area contributed by atoms with Gasteiger partial charge in [-0.3, -0.25) is 0 Å². The molecule has 2 aliphatic heterocycles. The van der Waals surface area contributed by atoms with Gasteiger partial charge in [0.05, 0.1) is 18.3 Å². The molecule has 2 fully saturated rings. The van der Waals surface area contributed by atoms with E-state index in [0.717, 1.165) is 60.9 Å². The van der Waals surface area contributed by atoms with Gasteiger partial charge in [0.1, 0.15) is 17.5 Å². The Bertz CT molecular complexity index is 896. The largest absolute Gasteiger partial charge is 0.488 e. The van der Waals surface area contributed by atoms with Crippen molar-refractivity contribution in [2.45, 2.75) is 77.7 Å². The molecule has 7 heteroatoms. The minimum absolute atomic E-state index is 0.0100. The van der Waals surface area contributed by atoms with Crippen LogP contribution in [0.2, 0.25) is 0 Å². The predicted octanol–water partition coefficient (Wildman–Crippen LogP) is 4.82. The Morgan fingerprint density at radius 3 is 2.77 bits per heavy atom. The average Bonchev–Trinajstić information content (AvgIpc) is 3.10. The Kier molecular flexibility index (Phi) is 5.91. The molecule has 2 atom stereocenters. The van der Waals surface area contributed by atoms with Gasteiger partial charge >= 0.3 is 6.09 Å². The molecule has 0 N–H and O–H groups in total. The van der Waals surface area contributed by atoms with Gasteiger partial charge in [0.25, 0.3) is 0 Å². The van der Waals surface area contributed by atoms with Gasteiger partial charge in [-0.15, -0.1) is 0 Å². The number of hydrogen-bond acceptors (Lipinski definition) is 5. The summed E-state index contributed by atoms with van der Waals surface area (Å²) in [6.07, 6.45) is 6.64. The van der Waals surface area contributed by atoms with Crippen molar-refractivity contribution in [3.8, 4) is 5.75 Å². The normalized spacial score (nSPS) is 22.9. The summed E-state index contributed by atoms with van der Waals surface area (Å²) in [5.74, 6) is 0.844. The second-order valence-electron chi connectivity index (χ2n) is 9.40. The highest BCUT2D eigenvalue weighted by molar-refractivity contribution is 5.81. The molecule has 0 radical (unpaired) electrons. The van der Waals surface area contributed by atoms with E-state index >= 15 is 0 Å². The van der Waals surface area contributed by atoms with Crippen LogP contribution >= 0.6 is 0 Å². The fourth-order valence-corrected chi connectivity index (χ4v) is 4.17. The lowest BCUT2D eigenvalue weighted by Crippen LogP contribution is -2.46. The lowest BCUT2D eigenvalue weighted by Gasteiger charge is -2.34. The van der Waals surface area contributed by atoms with Gasteiger partial charge in [0.15, 0.2) is 6.23 Å². The van der Waals surface area contributed by atoms with Crippen molar-refractivity contribution in [2.75, 3.05) is 19.7 Å². The summed E-state index contributed by atoms with van der Waals surface area (Å²) in [4.78, 5) is 14.2. The molecule has 30 heavy (non-hydrogen) atoms. The van der Waals surface area contributed by atoms with E-state index in [9.17, 15) is 4.79 Å². The summed E-state index contributed by atoms with van der Waals surface area (Å²) in [5.41, 5.74) is 1.61. The Hall–Kier alpha value is -2.28. The molecule has 0 aliphatic carbocycles. The molecule has 2 aromatic rings. The van der Waals surface area contributed by atoms with Crippen LogP contribution in [0.4, 0.5) is 4.79 Å². The number of rotatable bonds is 3. The zero-order valence-electron chi connectivity index (χ0n) is 18.5. The zero-order chi connectivity index (χ0) is 21.3. The van der Waals surface area contributed by atoms with E-state index in [2.05, 4.69) is 24.2 Å². The molecule has 1 aromatic carbocycles. The first-order valence-electron chi connectivity index (χ1n) is 11.0. The van der Waals surface area contributed by atoms with E-state index in [-0.39, 0.29) is 18.4 Å². The molecule has 2 saturated heterocycles. The van der Waals surface area contributed by atoms with Crippen LogP contribution in [0.15, 0.2) is 18.3 Å². The van der Waals surface area contributed by atoms with Crippen LogP contribution in [-0.4, -0.2) is 52.2 Å². The summed E-state index contributed by atoms with van der Waals surface area (Å²) >= 11 is 0. The standard InChI is InChI=1S/C23H33N3O4/c1-16-12-17-14-24-26(21-9-5-6-11-28-21)19(17)13-20(16)29-18-8-7-10-25(15-18)22(27)30-23(2,3)4/h12-14,18,21H,5-11,15H2,1-4H3/t18-,21-/m0/s1. The lowest BCUT2D eigenvalue weighted by atomic mass is 10.1. The van der Waals surface area contributed by atoms with Crippen molar-refractivity contribution < 1.29 is 19.0 Å². The maximum absolute atomic E-state index is 12.5. The quantitative estimate of drug-likeness (QED) is 0.719. The zero-order valence-corrected chi connectivity index (χ0v) is 18.5. The monoisotopic (exact) mass is 415 g/mol. The number of hydrogen-bond donors (Lipinski definition) is 0. The van der Waals surface area contributed by atoms with Crippen molar-refractivity contribution in [2.24, 2.45) is 0 Å². The van der Waals surface area contributed by atoms with Crippen molar-refractivity contribution in [3.63, 3.8) is 0 Å². The van der Waals surface area contributed by atoms with Crippen LogP contribution in [0.5, 0.6) is 5.75 Å². The van der Waals surface area contributed by atoms with E-state index in [0.29, 0.717) is 13.1 Å². The maximum Gasteiger partial charge on any atom is 0.410 e. The molecule has 4 rings (SSSR count). The SMILES string of the molecule is Cc1cc2cnn([C@@H]3CCCCO3)c2cc1O[C@H]1CCCN(C(=O)OC(C)(C)C)C1. The summed E-state index contributed by atoms with van der Waals surface area (Å²) in [6, 6.07) is 4.19. The number of piperidine rings is 1. The number of ether oxygens (including phenoxy) is 3. The molecule has 1 aromatic heterocycles. The number of amides is 1. The van der Waals surface area contributed by atoms with E-state index < -0.39 is 5.60 Å². The maximum atomic E-state index is 12.5. The molecular formula is C23H33N3O4. The van der Waals surface area contributed by atoms with Gasteiger partial charge in [0, 0.05) is 24.6 Å². The third-order valence-electron chi connectivity index (χ3n) is 5.64. The molecular weight excluding hydrogens is 382 g/mol. The van der Waals surface area contributed by atoms with E-state index in [1.165, 1.54) is 0 Å². The minimum atomic E-state index is -0.494. The Labute approximate surface area is 178 Å². The first-order chi connectivity index (χ1) is 14.3. The van der Waals surface area contributed by atoms with Crippen molar-refractivity contribution in [1.82, 2.24) is 14.7 Å². The number of carbonyl (C=O) groups is 1. The highest BCUT2D eigenvalue weighted by Gasteiger charge is 2.29. The molecule has 0 saturated carbocycles. The van der Waals surface area contributed by atoms with Gasteiger partial charge < -0.3 is 19.1 Å². The molecule has 2 aliphatic rings. The number of fused-ring (bicyclic) bond motifs is 1. The molecule has 164 valence electrons. The smallest absolute Gasteiger partial charge is 0.410 e. The van der Waals surface area contributed by atoms with Crippen molar-refractivity contribution in [3.05, 3.63) is 23.9 Å². The summed E-state index contributed by atoms with van der Waals surface area (Å²) in [7, 11) is 0. The van der Waals surface area contributed by atoms with Gasteiger partial charge in [-0.2, -0.15) is 5.10 Å². The van der Waals surface area contributed by atoms with Crippen molar-refractivity contribution >= 4 is 17.0 Å². The summed E-state index contributed by atoms with van der Waals surface area (Å²) < 4.78 is 19.8. The fourth-order valence-electron chi connectivity index (χ4n) is 4.17. The van der Waals surface area contributed by atoms with Crippen LogP contribution < -0.4 is 4.74 Å². The molecule has 7 nitrogen and oxygen atoms in total. The number of carbonyl (C=O) groups excluding carboxylic acids is 1. The summed E-state index contributed by atoms with van der Waals surface area (Å²) in [5, 5.41) is 5.67. The van der Waals surface area contributed by atoms with Gasteiger partial charge in [-0.05, 0) is 71.4 Å². The van der Waals surface area contributed by atoms with Crippen LogP contribution in [0.3, 0.4) is 0 Å². The predicted molar refractivity (Wildman–Crippen MR) is 115 cm³/mol. The van der Waals surface area contributed by atoms with Crippen LogP contribution in [0.25, 0.3) is 10.9 Å². The first kappa shape index (κ1) is 21.0. The highest BCUT2D eigenvalue weighted by Crippen LogP contribution is 2.31. The van der Waals surface area contributed by atoms with Gasteiger partial charge in [-0.25, -0.2) is 9.48 Å². The molecule has 1 amide bonds. The van der Waals surface area contributed by atoms with Gasteiger partial charge in [-0.1, -0.05) is 0 Å². The Balaban J connectivity index is 1.50. The van der Waals surface area contributed by atoms with Gasteiger partial charge in [0.2, 0.25) is 0 Å². The number of likely N-dealkylation sites (tertiary alicyclic amines) is 1. The van der Waals surface area contributed by atoms with Crippen LogP contribution in [-0.2, 0) is 9.47 Å². The molecule has 3 heterocycles. The minimum Gasteiger partial charge on any atom is -0.488 e. The number of nitrogens with zero attached hydrogens (tertiary/aromatic N) is 3. The second-order valence-corrected chi connectivity index (χ2v) is 9.40. The number of benzene rings is 1. The van der Waals surface area contributed by atoms with Crippen molar-refractivity contribution in [1.29, 1.82) is 0 Å². The summed E-state index contributed by atoms with van der Waals surface area (Å²) in [6.45, 7) is 9.75. The first-order valence-corrected chi connectivity index (χ1v) is 11.0. The van der Waals surface area contributed by atoms with Crippen LogP contribution in [0.1, 0.15) is 64.7 Å². The third-order valence-corrected chi connectivity index (χ3v) is 5.64. The Morgan fingerprint density at radius 2 is 2.03 bits per heavy atom. The topological polar surface area (TPSA) is 65.8 Å². The van der Waals surface area contributed by atoms with E-state index in [1.807, 2.05) is 31.6 Å². The third kappa shape index (κ3) is 4.72. The van der Waals surface area contributed by atoms with Crippen LogP contribution in [0, 0.1) is 6.92 Å². The molecule has 0 unspecified atom stereocenters. The number of aryl methyl sites for hydroxylation is 1. The average molecular weight is 416 g/mol. The number of aromatic nitrogens is 2.